The summed E-state index contributed by atoms with van der Waals surface area (Å²) >= 11 is 0. The topological polar surface area (TPSA) is 86.1 Å². The van der Waals surface area contributed by atoms with Gasteiger partial charge >= 0.3 is 0 Å². The zero-order valence-electron chi connectivity index (χ0n) is 17.2. The lowest BCUT2D eigenvalue weighted by atomic mass is 10.1. The van der Waals surface area contributed by atoms with Crippen molar-refractivity contribution < 1.29 is 28.4 Å². The molecule has 1 heterocycles. The van der Waals surface area contributed by atoms with E-state index < -0.39 is 0 Å². The third-order valence-electron chi connectivity index (χ3n) is 4.42. The normalized spacial score (nSPS) is 10.4. The number of hydrogen-bond donors (Lipinski definition) is 0. The molecule has 0 saturated carbocycles. The second kappa shape index (κ2) is 8.59. The van der Waals surface area contributed by atoms with E-state index in [2.05, 4.69) is 10.3 Å². The SMILES string of the molecule is COc1cc(OC)c(-n2nncc2-c2cc(OC)c(OC)c(OC)c2)cc1OC. The Labute approximate surface area is 168 Å². The number of rotatable bonds is 8. The van der Waals surface area contributed by atoms with Crippen molar-refractivity contribution >= 4 is 0 Å². The maximum absolute atomic E-state index is 5.53. The van der Waals surface area contributed by atoms with E-state index in [9.17, 15) is 0 Å². The van der Waals surface area contributed by atoms with E-state index in [1.165, 1.54) is 0 Å². The summed E-state index contributed by atoms with van der Waals surface area (Å²) in [6.45, 7) is 0. The Morgan fingerprint density at radius 3 is 1.69 bits per heavy atom. The fraction of sp³-hybridized carbons (Fsp3) is 0.300. The second-order valence-corrected chi connectivity index (χ2v) is 5.82. The van der Waals surface area contributed by atoms with Gasteiger partial charge in [0.2, 0.25) is 5.75 Å². The van der Waals surface area contributed by atoms with E-state index >= 15 is 0 Å². The Balaban J connectivity index is 2.21. The van der Waals surface area contributed by atoms with Crippen LogP contribution < -0.4 is 28.4 Å². The van der Waals surface area contributed by atoms with Gasteiger partial charge in [0.05, 0.1) is 54.5 Å². The quantitative estimate of drug-likeness (QED) is 0.569. The van der Waals surface area contributed by atoms with E-state index in [1.807, 2.05) is 12.1 Å². The Kier molecular flexibility index (Phi) is 5.96. The van der Waals surface area contributed by atoms with E-state index in [0.717, 1.165) is 5.56 Å². The summed E-state index contributed by atoms with van der Waals surface area (Å²) in [6, 6.07) is 7.15. The van der Waals surface area contributed by atoms with Crippen molar-refractivity contribution in [2.45, 2.75) is 0 Å². The molecule has 154 valence electrons. The second-order valence-electron chi connectivity index (χ2n) is 5.82. The summed E-state index contributed by atoms with van der Waals surface area (Å²) < 4.78 is 34.3. The van der Waals surface area contributed by atoms with Gasteiger partial charge in [0, 0.05) is 17.7 Å². The number of aromatic nitrogens is 3. The van der Waals surface area contributed by atoms with Gasteiger partial charge in [-0.05, 0) is 12.1 Å². The maximum Gasteiger partial charge on any atom is 0.203 e. The number of ether oxygens (including phenoxy) is 6. The molecule has 0 spiro atoms. The Morgan fingerprint density at radius 1 is 0.621 bits per heavy atom. The van der Waals surface area contributed by atoms with Crippen LogP contribution in [0.2, 0.25) is 0 Å². The van der Waals surface area contributed by atoms with E-state index in [-0.39, 0.29) is 0 Å². The molecule has 0 bridgehead atoms. The van der Waals surface area contributed by atoms with Crippen molar-refractivity contribution in [2.24, 2.45) is 0 Å². The molecule has 0 aliphatic heterocycles. The molecule has 3 aromatic rings. The van der Waals surface area contributed by atoms with E-state index in [4.69, 9.17) is 28.4 Å². The smallest absolute Gasteiger partial charge is 0.203 e. The Bertz CT molecular complexity index is 977. The molecule has 0 amide bonds. The molecule has 0 saturated heterocycles. The molecule has 0 unspecified atom stereocenters. The van der Waals surface area contributed by atoms with Crippen LogP contribution in [0.1, 0.15) is 0 Å². The van der Waals surface area contributed by atoms with Crippen LogP contribution in [0.25, 0.3) is 16.9 Å². The third-order valence-corrected chi connectivity index (χ3v) is 4.42. The van der Waals surface area contributed by atoms with Crippen molar-refractivity contribution in [3.05, 3.63) is 30.5 Å². The molecule has 9 nitrogen and oxygen atoms in total. The molecule has 3 rings (SSSR count). The van der Waals surface area contributed by atoms with Crippen LogP contribution in [-0.2, 0) is 0 Å². The van der Waals surface area contributed by atoms with Crippen molar-refractivity contribution in [1.82, 2.24) is 15.0 Å². The van der Waals surface area contributed by atoms with Gasteiger partial charge in [-0.2, -0.15) is 0 Å². The number of hydrogen-bond acceptors (Lipinski definition) is 8. The fourth-order valence-electron chi connectivity index (χ4n) is 3.02. The monoisotopic (exact) mass is 401 g/mol. The molecule has 0 aliphatic carbocycles. The molecule has 2 aromatic carbocycles. The van der Waals surface area contributed by atoms with Crippen molar-refractivity contribution in [3.8, 4) is 51.4 Å². The molecule has 0 atom stereocenters. The van der Waals surface area contributed by atoms with Gasteiger partial charge in [-0.15, -0.1) is 5.10 Å². The van der Waals surface area contributed by atoms with Crippen LogP contribution in [0, 0.1) is 0 Å². The van der Waals surface area contributed by atoms with Gasteiger partial charge in [-0.3, -0.25) is 0 Å². The summed E-state index contributed by atoms with van der Waals surface area (Å²) in [5.74, 6) is 3.17. The van der Waals surface area contributed by atoms with Crippen molar-refractivity contribution in [2.75, 3.05) is 42.7 Å². The maximum atomic E-state index is 5.53. The number of benzene rings is 2. The summed E-state index contributed by atoms with van der Waals surface area (Å²) in [5.41, 5.74) is 2.09. The molecule has 0 fully saturated rings. The van der Waals surface area contributed by atoms with E-state index in [0.29, 0.717) is 45.9 Å². The van der Waals surface area contributed by atoms with E-state index in [1.54, 1.807) is 65.7 Å². The average molecular weight is 401 g/mol. The summed E-state index contributed by atoms with van der Waals surface area (Å²) in [6.07, 6.45) is 1.64. The first kappa shape index (κ1) is 20.1. The van der Waals surface area contributed by atoms with Gasteiger partial charge < -0.3 is 28.4 Å². The highest BCUT2D eigenvalue weighted by molar-refractivity contribution is 5.71. The molecule has 9 heteroatoms. The average Bonchev–Trinajstić information content (AvgIpc) is 3.26. The number of methoxy groups -OCH3 is 6. The Morgan fingerprint density at radius 2 is 1.17 bits per heavy atom. The first-order chi connectivity index (χ1) is 14.1. The first-order valence-corrected chi connectivity index (χ1v) is 8.63. The van der Waals surface area contributed by atoms with Crippen LogP contribution in [0.15, 0.2) is 30.5 Å². The molecule has 0 aliphatic rings. The molecule has 0 N–H and O–H groups in total. The predicted octanol–water partition coefficient (Wildman–Crippen LogP) is 2.99. The molecular weight excluding hydrogens is 378 g/mol. The zero-order valence-corrected chi connectivity index (χ0v) is 17.2. The minimum atomic E-state index is 0.501. The minimum Gasteiger partial charge on any atom is -0.494 e. The van der Waals surface area contributed by atoms with Gasteiger partial charge in [0.1, 0.15) is 11.4 Å². The lowest BCUT2D eigenvalue weighted by Crippen LogP contribution is -2.04. The summed E-state index contributed by atoms with van der Waals surface area (Å²) in [5, 5.41) is 8.31. The molecular formula is C20H23N3O6. The van der Waals surface area contributed by atoms with Crippen molar-refractivity contribution in [3.63, 3.8) is 0 Å². The molecule has 29 heavy (non-hydrogen) atoms. The van der Waals surface area contributed by atoms with Gasteiger partial charge in [-0.25, -0.2) is 4.68 Å². The van der Waals surface area contributed by atoms with Crippen LogP contribution >= 0.6 is 0 Å². The largest absolute Gasteiger partial charge is 0.494 e. The third kappa shape index (κ3) is 3.58. The predicted molar refractivity (Wildman–Crippen MR) is 106 cm³/mol. The van der Waals surface area contributed by atoms with Gasteiger partial charge in [-0.1, -0.05) is 5.21 Å². The van der Waals surface area contributed by atoms with Gasteiger partial charge in [0.15, 0.2) is 23.0 Å². The zero-order chi connectivity index (χ0) is 21.0. The molecule has 1 aromatic heterocycles. The van der Waals surface area contributed by atoms with Crippen LogP contribution in [0.5, 0.6) is 34.5 Å². The highest BCUT2D eigenvalue weighted by Crippen LogP contribution is 2.42. The highest BCUT2D eigenvalue weighted by atomic mass is 16.5. The van der Waals surface area contributed by atoms with Crippen LogP contribution in [-0.4, -0.2) is 57.7 Å². The fourth-order valence-corrected chi connectivity index (χ4v) is 3.02. The Hall–Kier alpha value is -3.62. The van der Waals surface area contributed by atoms with Crippen molar-refractivity contribution in [1.29, 1.82) is 0 Å². The van der Waals surface area contributed by atoms with Crippen LogP contribution in [0.3, 0.4) is 0 Å². The first-order valence-electron chi connectivity index (χ1n) is 8.63. The highest BCUT2D eigenvalue weighted by Gasteiger charge is 2.20. The summed E-state index contributed by atoms with van der Waals surface area (Å²) in [4.78, 5) is 0. The summed E-state index contributed by atoms with van der Waals surface area (Å²) in [7, 11) is 9.38. The molecule has 0 radical (unpaired) electrons. The lowest BCUT2D eigenvalue weighted by Gasteiger charge is -2.16. The number of nitrogens with zero attached hydrogens (tertiary/aromatic N) is 3. The van der Waals surface area contributed by atoms with Crippen LogP contribution in [0.4, 0.5) is 0 Å². The lowest BCUT2D eigenvalue weighted by molar-refractivity contribution is 0.324. The van der Waals surface area contributed by atoms with Gasteiger partial charge in [0.25, 0.3) is 0 Å². The minimum absolute atomic E-state index is 0.501. The standard InChI is InChI=1S/C20H23N3O6/c1-24-15-10-17(26-3)16(25-2)9-13(15)23-14(11-21-22-23)12-7-18(27-4)20(29-6)19(8-12)28-5/h7-11H,1-6H3.